The molecular weight excluding hydrogens is 238 g/mol. The Balaban J connectivity index is 2.28. The third-order valence-corrected chi connectivity index (χ3v) is 4.25. The van der Waals surface area contributed by atoms with Gasteiger partial charge in [-0.2, -0.15) is 0 Å². The molecule has 0 saturated carbocycles. The molecule has 2 atom stereocenters. The zero-order chi connectivity index (χ0) is 10.6. The van der Waals surface area contributed by atoms with Crippen LogP contribution >= 0.6 is 23.6 Å². The van der Waals surface area contributed by atoms with Crippen LogP contribution in [0, 0.1) is 3.95 Å². The molecule has 0 amide bonds. The number of aromatic amines is 1. The van der Waals surface area contributed by atoms with Gasteiger partial charge in [-0.15, -0.1) is 5.10 Å². The SMILES string of the molecule is CC(CCNc1n[nH]c(=S)s1)S(C)=O. The number of hydrogen-bond acceptors (Lipinski definition) is 5. The summed E-state index contributed by atoms with van der Waals surface area (Å²) in [6.45, 7) is 2.75. The van der Waals surface area contributed by atoms with Crippen LogP contribution in [0.15, 0.2) is 0 Å². The highest BCUT2D eigenvalue weighted by Gasteiger charge is 2.05. The molecule has 0 fully saturated rings. The second kappa shape index (κ2) is 5.57. The summed E-state index contributed by atoms with van der Waals surface area (Å²) >= 11 is 6.30. The molecule has 2 N–H and O–H groups in total. The number of nitrogens with one attached hydrogen (secondary N) is 2. The van der Waals surface area contributed by atoms with Crippen LogP contribution < -0.4 is 5.32 Å². The molecule has 0 saturated heterocycles. The van der Waals surface area contributed by atoms with Gasteiger partial charge >= 0.3 is 0 Å². The summed E-state index contributed by atoms with van der Waals surface area (Å²) in [5.41, 5.74) is 0. The summed E-state index contributed by atoms with van der Waals surface area (Å²) in [6, 6.07) is 0. The van der Waals surface area contributed by atoms with Crippen LogP contribution in [0.4, 0.5) is 5.13 Å². The fourth-order valence-electron chi connectivity index (χ4n) is 0.854. The summed E-state index contributed by atoms with van der Waals surface area (Å²) in [6.07, 6.45) is 2.60. The molecule has 1 aromatic rings. The van der Waals surface area contributed by atoms with Gasteiger partial charge < -0.3 is 5.32 Å². The van der Waals surface area contributed by atoms with Crippen LogP contribution in [0.3, 0.4) is 0 Å². The number of hydrogen-bond donors (Lipinski definition) is 2. The maximum atomic E-state index is 11.0. The molecule has 0 aliphatic rings. The van der Waals surface area contributed by atoms with Gasteiger partial charge in [0, 0.05) is 28.9 Å². The van der Waals surface area contributed by atoms with Crippen molar-refractivity contribution < 1.29 is 4.21 Å². The fraction of sp³-hybridized carbons (Fsp3) is 0.714. The average molecular weight is 251 g/mol. The largest absolute Gasteiger partial charge is 0.360 e. The number of rotatable bonds is 5. The molecule has 0 aromatic carbocycles. The quantitative estimate of drug-likeness (QED) is 0.783. The summed E-state index contributed by atoms with van der Waals surface area (Å²) in [5.74, 6) is 0. The summed E-state index contributed by atoms with van der Waals surface area (Å²) in [5, 5.41) is 10.8. The number of nitrogens with zero attached hydrogens (tertiary/aromatic N) is 1. The Hall–Kier alpha value is -0.270. The van der Waals surface area contributed by atoms with E-state index < -0.39 is 10.8 Å². The van der Waals surface area contributed by atoms with E-state index >= 15 is 0 Å². The first-order valence-electron chi connectivity index (χ1n) is 4.21. The van der Waals surface area contributed by atoms with E-state index in [1.807, 2.05) is 6.92 Å². The third kappa shape index (κ3) is 3.85. The van der Waals surface area contributed by atoms with Crippen LogP contribution in [0.25, 0.3) is 0 Å². The van der Waals surface area contributed by atoms with Crippen molar-refractivity contribution in [1.29, 1.82) is 0 Å². The lowest BCUT2D eigenvalue weighted by atomic mass is 10.3. The van der Waals surface area contributed by atoms with Gasteiger partial charge in [0.1, 0.15) is 0 Å². The average Bonchev–Trinajstić information content (AvgIpc) is 2.51. The van der Waals surface area contributed by atoms with Crippen LogP contribution in [0.2, 0.25) is 0 Å². The zero-order valence-corrected chi connectivity index (χ0v) is 10.5. The van der Waals surface area contributed by atoms with E-state index in [0.717, 1.165) is 18.1 Å². The third-order valence-electron chi connectivity index (χ3n) is 1.83. The van der Waals surface area contributed by atoms with Gasteiger partial charge in [-0.1, -0.05) is 18.3 Å². The van der Waals surface area contributed by atoms with Crippen molar-refractivity contribution in [2.45, 2.75) is 18.6 Å². The smallest absolute Gasteiger partial charge is 0.204 e. The number of H-pyrrole nitrogens is 1. The molecule has 0 bridgehead atoms. The Kier molecular flexibility index (Phi) is 4.70. The van der Waals surface area contributed by atoms with Crippen molar-refractivity contribution in [2.75, 3.05) is 18.1 Å². The lowest BCUT2D eigenvalue weighted by Crippen LogP contribution is -2.14. The summed E-state index contributed by atoms with van der Waals surface area (Å²) in [4.78, 5) is 0. The van der Waals surface area contributed by atoms with E-state index in [-0.39, 0.29) is 5.25 Å². The van der Waals surface area contributed by atoms with Crippen molar-refractivity contribution in [3.8, 4) is 0 Å². The first-order valence-corrected chi connectivity index (χ1v) is 7.06. The highest BCUT2D eigenvalue weighted by molar-refractivity contribution is 7.84. The van der Waals surface area contributed by atoms with E-state index in [1.54, 1.807) is 6.26 Å². The molecule has 80 valence electrons. The molecule has 0 aliphatic heterocycles. The van der Waals surface area contributed by atoms with E-state index in [9.17, 15) is 4.21 Å². The minimum absolute atomic E-state index is 0.217. The predicted molar refractivity (Wildman–Crippen MR) is 63.9 cm³/mol. The topological polar surface area (TPSA) is 57.8 Å². The van der Waals surface area contributed by atoms with E-state index in [4.69, 9.17) is 12.2 Å². The predicted octanol–water partition coefficient (Wildman–Crippen LogP) is 1.77. The van der Waals surface area contributed by atoms with Crippen molar-refractivity contribution in [1.82, 2.24) is 10.2 Å². The van der Waals surface area contributed by atoms with Crippen LogP contribution in [-0.4, -0.2) is 32.5 Å². The van der Waals surface area contributed by atoms with E-state index in [2.05, 4.69) is 15.5 Å². The normalized spacial score (nSPS) is 15.0. The van der Waals surface area contributed by atoms with Crippen molar-refractivity contribution in [3.05, 3.63) is 3.95 Å². The van der Waals surface area contributed by atoms with Gasteiger partial charge in [-0.3, -0.25) is 9.31 Å². The first kappa shape index (κ1) is 11.8. The summed E-state index contributed by atoms with van der Waals surface area (Å²) in [7, 11) is -0.748. The molecule has 1 rings (SSSR count). The molecule has 0 spiro atoms. The van der Waals surface area contributed by atoms with Gasteiger partial charge in [0.25, 0.3) is 0 Å². The lowest BCUT2D eigenvalue weighted by molar-refractivity contribution is 0.672. The molecule has 14 heavy (non-hydrogen) atoms. The van der Waals surface area contributed by atoms with Gasteiger partial charge in [0.2, 0.25) is 5.13 Å². The van der Waals surface area contributed by atoms with Gasteiger partial charge in [0.15, 0.2) is 3.95 Å². The minimum atomic E-state index is -0.748. The van der Waals surface area contributed by atoms with Crippen molar-refractivity contribution >= 4 is 39.5 Å². The molecule has 7 heteroatoms. The first-order chi connectivity index (χ1) is 6.59. The second-order valence-corrected chi connectivity index (χ2v) is 6.41. The Bertz CT molecular complexity index is 359. The lowest BCUT2D eigenvalue weighted by Gasteiger charge is -2.07. The fourth-order valence-corrected chi connectivity index (χ4v) is 2.12. The van der Waals surface area contributed by atoms with Crippen LogP contribution in [0.5, 0.6) is 0 Å². The van der Waals surface area contributed by atoms with E-state index in [1.165, 1.54) is 11.3 Å². The van der Waals surface area contributed by atoms with Crippen LogP contribution in [0.1, 0.15) is 13.3 Å². The van der Waals surface area contributed by atoms with Crippen molar-refractivity contribution in [3.63, 3.8) is 0 Å². The number of aromatic nitrogens is 2. The molecule has 0 aliphatic carbocycles. The Morgan fingerprint density at radius 2 is 2.50 bits per heavy atom. The highest BCUT2D eigenvalue weighted by Crippen LogP contribution is 2.11. The minimum Gasteiger partial charge on any atom is -0.360 e. The molecule has 4 nitrogen and oxygen atoms in total. The van der Waals surface area contributed by atoms with E-state index in [0.29, 0.717) is 3.95 Å². The van der Waals surface area contributed by atoms with Gasteiger partial charge in [-0.25, -0.2) is 0 Å². The van der Waals surface area contributed by atoms with Gasteiger partial charge in [0.05, 0.1) is 0 Å². The van der Waals surface area contributed by atoms with Crippen molar-refractivity contribution in [2.24, 2.45) is 0 Å². The monoisotopic (exact) mass is 251 g/mol. The standard InChI is InChI=1S/C7H13N3OS3/c1-5(14(2)11)3-4-8-6-9-10-7(12)13-6/h5H,3-4H2,1-2H3,(H,8,9)(H,10,12). The van der Waals surface area contributed by atoms with Crippen LogP contribution in [-0.2, 0) is 10.8 Å². The molecule has 0 radical (unpaired) electrons. The number of anilines is 1. The maximum Gasteiger partial charge on any atom is 0.204 e. The zero-order valence-electron chi connectivity index (χ0n) is 8.07. The highest BCUT2D eigenvalue weighted by atomic mass is 32.2. The van der Waals surface area contributed by atoms with Gasteiger partial charge in [-0.05, 0) is 18.6 Å². The maximum absolute atomic E-state index is 11.0. The Labute approximate surface area is 94.6 Å². The Morgan fingerprint density at radius 3 is 3.00 bits per heavy atom. The molecule has 1 heterocycles. The Morgan fingerprint density at radius 1 is 1.79 bits per heavy atom. The molecule has 2 unspecified atom stereocenters. The molecule has 1 aromatic heterocycles. The molecular formula is C7H13N3OS3. The second-order valence-electron chi connectivity index (χ2n) is 2.94. The summed E-state index contributed by atoms with van der Waals surface area (Å²) < 4.78 is 11.7.